The Morgan fingerprint density at radius 3 is 2.46 bits per heavy atom. The number of rotatable bonds is 8. The summed E-state index contributed by atoms with van der Waals surface area (Å²) in [5.74, 6) is -0.525. The van der Waals surface area contributed by atoms with Crippen LogP contribution < -0.4 is 19.8 Å². The van der Waals surface area contributed by atoms with Crippen molar-refractivity contribution < 1.29 is 36.1 Å². The molecule has 190 valence electrons. The molecule has 18 heteroatoms. The van der Waals surface area contributed by atoms with E-state index < -0.39 is 49.2 Å². The van der Waals surface area contributed by atoms with Gasteiger partial charge >= 0.3 is 18.2 Å². The number of alkyl halides is 3. The third kappa shape index (κ3) is 7.19. The molecule has 14 nitrogen and oxygen atoms in total. The van der Waals surface area contributed by atoms with Crippen molar-refractivity contribution in [1.29, 1.82) is 0 Å². The van der Waals surface area contributed by atoms with Crippen LogP contribution in [0.15, 0.2) is 28.3 Å². The summed E-state index contributed by atoms with van der Waals surface area (Å²) in [6, 6.07) is -0.913. The van der Waals surface area contributed by atoms with Gasteiger partial charge in [0, 0.05) is 26.2 Å². The average Bonchev–Trinajstić information content (AvgIpc) is 2.75. The summed E-state index contributed by atoms with van der Waals surface area (Å²) in [5, 5.41) is 16.5. The first-order valence-electron chi connectivity index (χ1n) is 9.47. The first kappa shape index (κ1) is 27.2. The van der Waals surface area contributed by atoms with Gasteiger partial charge in [-0.3, -0.25) is 15.4 Å². The Morgan fingerprint density at radius 2 is 1.91 bits per heavy atom. The van der Waals surface area contributed by atoms with Gasteiger partial charge in [-0.1, -0.05) is 12.1 Å². The standard InChI is InChI=1S/C17H19F3N8O6S/c1-5-9(2)25-34-16-23-13(21-14(24-16)27(3)4)22-15(29)26-35(32,33)12-7-6-10(28(30)31)8-11(12)17(18,19)20/h6-8H,5H2,1-4H3,(H2,21,22,23,24,26,29)/b25-9+. The maximum atomic E-state index is 13.4. The number of benzene rings is 1. The topological polar surface area (TPSA) is 182 Å². The lowest BCUT2D eigenvalue weighted by atomic mass is 10.2. The van der Waals surface area contributed by atoms with Gasteiger partial charge in [0.2, 0.25) is 11.9 Å². The maximum Gasteiger partial charge on any atom is 0.417 e. The molecular formula is C17H19F3N8O6S. The highest BCUT2D eigenvalue weighted by Crippen LogP contribution is 2.36. The van der Waals surface area contributed by atoms with Gasteiger partial charge in [0.25, 0.3) is 15.7 Å². The largest absolute Gasteiger partial charge is 0.417 e. The average molecular weight is 520 g/mol. The third-order valence-corrected chi connectivity index (χ3v) is 5.41. The Balaban J connectivity index is 2.35. The lowest BCUT2D eigenvalue weighted by molar-refractivity contribution is -0.385. The molecule has 0 saturated heterocycles. The molecule has 0 aliphatic rings. The normalized spacial score (nSPS) is 12.1. The molecule has 0 radical (unpaired) electrons. The van der Waals surface area contributed by atoms with Crippen molar-refractivity contribution in [2.24, 2.45) is 5.16 Å². The molecule has 2 rings (SSSR count). The Kier molecular flexibility index (Phi) is 8.11. The van der Waals surface area contributed by atoms with Gasteiger partial charge < -0.3 is 9.74 Å². The van der Waals surface area contributed by atoms with Crippen LogP contribution in [0.3, 0.4) is 0 Å². The number of non-ortho nitro benzene ring substituents is 1. The van der Waals surface area contributed by atoms with Crippen molar-refractivity contribution in [3.05, 3.63) is 33.9 Å². The third-order valence-electron chi connectivity index (χ3n) is 4.02. The summed E-state index contributed by atoms with van der Waals surface area (Å²) >= 11 is 0. The number of nitrogens with one attached hydrogen (secondary N) is 2. The van der Waals surface area contributed by atoms with Gasteiger partial charge in [-0.25, -0.2) is 17.9 Å². The van der Waals surface area contributed by atoms with Crippen LogP contribution in [0.4, 0.5) is 35.5 Å². The van der Waals surface area contributed by atoms with E-state index in [0.717, 1.165) is 0 Å². The van der Waals surface area contributed by atoms with Gasteiger partial charge in [0.05, 0.1) is 16.2 Å². The smallest absolute Gasteiger partial charge is 0.347 e. The number of anilines is 2. The number of hydrogen-bond donors (Lipinski definition) is 2. The van der Waals surface area contributed by atoms with E-state index in [9.17, 15) is 36.5 Å². The van der Waals surface area contributed by atoms with Gasteiger partial charge in [-0.2, -0.15) is 28.1 Å². The highest BCUT2D eigenvalue weighted by atomic mass is 32.2. The van der Waals surface area contributed by atoms with Crippen molar-refractivity contribution in [2.75, 3.05) is 24.3 Å². The molecule has 2 aromatic rings. The van der Waals surface area contributed by atoms with Crippen LogP contribution in [-0.2, 0) is 16.2 Å². The summed E-state index contributed by atoms with van der Waals surface area (Å²) < 4.78 is 66.4. The van der Waals surface area contributed by atoms with Crippen LogP contribution >= 0.6 is 0 Å². The van der Waals surface area contributed by atoms with E-state index in [0.29, 0.717) is 24.3 Å². The zero-order chi connectivity index (χ0) is 26.6. The van der Waals surface area contributed by atoms with Crippen LogP contribution in [0, 0.1) is 10.1 Å². The molecule has 0 fully saturated rings. The zero-order valence-electron chi connectivity index (χ0n) is 18.6. The molecule has 0 bridgehead atoms. The maximum absolute atomic E-state index is 13.4. The predicted molar refractivity (Wildman–Crippen MR) is 116 cm³/mol. The molecular weight excluding hydrogens is 501 g/mol. The Morgan fingerprint density at radius 1 is 1.26 bits per heavy atom. The number of hydrogen-bond acceptors (Lipinski definition) is 11. The fourth-order valence-corrected chi connectivity index (χ4v) is 3.33. The number of carbonyl (C=O) groups excluding carboxylic acids is 1. The number of oxime groups is 1. The number of nitro benzene ring substituents is 1. The Hall–Kier alpha value is -4.09. The lowest BCUT2D eigenvalue weighted by Crippen LogP contribution is -2.36. The molecule has 0 saturated carbocycles. The van der Waals surface area contributed by atoms with E-state index in [1.807, 2.05) is 12.2 Å². The lowest BCUT2D eigenvalue weighted by Gasteiger charge is -2.14. The van der Waals surface area contributed by atoms with E-state index in [-0.39, 0.29) is 18.0 Å². The zero-order valence-corrected chi connectivity index (χ0v) is 19.4. The summed E-state index contributed by atoms with van der Waals surface area (Å²) in [4.78, 5) is 38.5. The molecule has 0 spiro atoms. The van der Waals surface area contributed by atoms with Gasteiger partial charge in [-0.15, -0.1) is 0 Å². The highest BCUT2D eigenvalue weighted by molar-refractivity contribution is 7.90. The van der Waals surface area contributed by atoms with E-state index in [1.54, 1.807) is 21.0 Å². The second-order valence-electron chi connectivity index (χ2n) is 6.90. The van der Waals surface area contributed by atoms with Crippen molar-refractivity contribution in [3.8, 4) is 6.01 Å². The number of nitro groups is 1. The SMILES string of the molecule is CC/C(C)=N/Oc1nc(NC(=O)NS(=O)(=O)c2ccc([N+](=O)[O-])cc2C(F)(F)F)nc(N(C)C)n1. The number of sulfonamides is 1. The second-order valence-corrected chi connectivity index (χ2v) is 8.55. The van der Waals surface area contributed by atoms with Crippen LogP contribution in [0.5, 0.6) is 6.01 Å². The van der Waals surface area contributed by atoms with Crippen LogP contribution in [0.25, 0.3) is 0 Å². The molecule has 2 amide bonds. The van der Waals surface area contributed by atoms with Crippen molar-refractivity contribution >= 4 is 39.4 Å². The number of amides is 2. The summed E-state index contributed by atoms with van der Waals surface area (Å²) in [6.07, 6.45) is -4.72. The fraction of sp³-hybridized carbons (Fsp3) is 0.353. The minimum absolute atomic E-state index is 0.0211. The second kappa shape index (κ2) is 10.5. The molecule has 1 aromatic carbocycles. The first-order valence-corrected chi connectivity index (χ1v) is 11.0. The monoisotopic (exact) mass is 520 g/mol. The Labute approximate surface area is 196 Å². The minimum Gasteiger partial charge on any atom is -0.347 e. The van der Waals surface area contributed by atoms with E-state index >= 15 is 0 Å². The number of carbonyl (C=O) groups is 1. The molecule has 2 N–H and O–H groups in total. The number of urea groups is 1. The molecule has 0 atom stereocenters. The summed E-state index contributed by atoms with van der Waals surface area (Å²) in [7, 11) is -2.05. The molecule has 1 heterocycles. The first-order chi connectivity index (χ1) is 16.1. The van der Waals surface area contributed by atoms with E-state index in [1.165, 1.54) is 9.62 Å². The quantitative estimate of drug-likeness (QED) is 0.298. The molecule has 0 unspecified atom stereocenters. The summed E-state index contributed by atoms with van der Waals surface area (Å²) in [5.41, 5.74) is -2.24. The van der Waals surface area contributed by atoms with Crippen LogP contribution in [-0.4, -0.2) is 54.1 Å². The minimum atomic E-state index is -5.27. The number of halogens is 3. The predicted octanol–water partition coefficient (Wildman–Crippen LogP) is 2.54. The number of aromatic nitrogens is 3. The van der Waals surface area contributed by atoms with Gasteiger partial charge in [-0.05, 0) is 19.4 Å². The molecule has 35 heavy (non-hydrogen) atoms. The number of nitrogens with zero attached hydrogens (tertiary/aromatic N) is 6. The van der Waals surface area contributed by atoms with E-state index in [4.69, 9.17) is 4.84 Å². The van der Waals surface area contributed by atoms with Crippen molar-refractivity contribution in [3.63, 3.8) is 0 Å². The van der Waals surface area contributed by atoms with Crippen molar-refractivity contribution in [1.82, 2.24) is 19.7 Å². The van der Waals surface area contributed by atoms with Gasteiger partial charge in [0.1, 0.15) is 4.90 Å². The molecule has 0 aliphatic carbocycles. The summed E-state index contributed by atoms with van der Waals surface area (Å²) in [6.45, 7) is 3.48. The van der Waals surface area contributed by atoms with Gasteiger partial charge in [0.15, 0.2) is 0 Å². The molecule has 1 aromatic heterocycles. The van der Waals surface area contributed by atoms with Crippen LogP contribution in [0.2, 0.25) is 0 Å². The van der Waals surface area contributed by atoms with Crippen molar-refractivity contribution in [2.45, 2.75) is 31.3 Å². The molecule has 0 aliphatic heterocycles. The highest BCUT2D eigenvalue weighted by Gasteiger charge is 2.39. The van der Waals surface area contributed by atoms with Crippen LogP contribution in [0.1, 0.15) is 25.8 Å². The fourth-order valence-electron chi connectivity index (χ4n) is 2.22. The Bertz CT molecular complexity index is 1270. The van der Waals surface area contributed by atoms with E-state index in [2.05, 4.69) is 20.1 Å².